The Morgan fingerprint density at radius 1 is 1.19 bits per heavy atom. The molecule has 1 unspecified atom stereocenters. The standard InChI is InChI=1S/C16H18ClN3O/c17-14-10-15(20-9-5-4-8-13(20)11-21)19-16(18-14)12-6-2-1-3-7-12/h1-3,6-7,10,13,21H,4-5,8-9,11H2. The maximum absolute atomic E-state index is 9.56. The molecule has 1 aliphatic heterocycles. The van der Waals surface area contributed by atoms with Crippen molar-refractivity contribution in [2.24, 2.45) is 0 Å². The molecule has 1 fully saturated rings. The summed E-state index contributed by atoms with van der Waals surface area (Å²) in [6, 6.07) is 11.7. The van der Waals surface area contributed by atoms with Gasteiger partial charge in [0.25, 0.3) is 0 Å². The van der Waals surface area contributed by atoms with Gasteiger partial charge in [-0.2, -0.15) is 0 Å². The van der Waals surface area contributed by atoms with Gasteiger partial charge in [-0.3, -0.25) is 0 Å². The second-order valence-electron chi connectivity index (χ2n) is 5.26. The molecule has 0 spiro atoms. The Balaban J connectivity index is 1.97. The van der Waals surface area contributed by atoms with E-state index in [1.807, 2.05) is 30.3 Å². The number of anilines is 1. The van der Waals surface area contributed by atoms with Crippen molar-refractivity contribution in [2.45, 2.75) is 25.3 Å². The minimum Gasteiger partial charge on any atom is -0.394 e. The number of aliphatic hydroxyl groups excluding tert-OH is 1. The molecule has 0 aliphatic carbocycles. The van der Waals surface area contributed by atoms with Crippen LogP contribution in [0.15, 0.2) is 36.4 Å². The van der Waals surface area contributed by atoms with Crippen LogP contribution in [0.1, 0.15) is 19.3 Å². The third-order valence-electron chi connectivity index (χ3n) is 3.85. The maximum Gasteiger partial charge on any atom is 0.163 e. The molecule has 1 aliphatic rings. The predicted octanol–water partition coefficient (Wildman–Crippen LogP) is 3.15. The Morgan fingerprint density at radius 3 is 2.76 bits per heavy atom. The minimum atomic E-state index is 0.119. The normalized spacial score (nSPS) is 18.8. The number of rotatable bonds is 3. The smallest absolute Gasteiger partial charge is 0.163 e. The van der Waals surface area contributed by atoms with Crippen LogP contribution in [0.3, 0.4) is 0 Å². The molecule has 2 heterocycles. The summed E-state index contributed by atoms with van der Waals surface area (Å²) in [5, 5.41) is 9.99. The lowest BCUT2D eigenvalue weighted by Gasteiger charge is -2.35. The van der Waals surface area contributed by atoms with Crippen LogP contribution < -0.4 is 4.90 Å². The third kappa shape index (κ3) is 3.17. The summed E-state index contributed by atoms with van der Waals surface area (Å²) in [4.78, 5) is 11.1. The Hall–Kier alpha value is -1.65. The van der Waals surface area contributed by atoms with Crippen molar-refractivity contribution in [3.63, 3.8) is 0 Å². The highest BCUT2D eigenvalue weighted by Gasteiger charge is 2.23. The highest BCUT2D eigenvalue weighted by molar-refractivity contribution is 6.29. The second-order valence-corrected chi connectivity index (χ2v) is 5.65. The molecule has 1 N–H and O–H groups in total. The van der Waals surface area contributed by atoms with Gasteiger partial charge in [0, 0.05) is 18.2 Å². The first kappa shape index (κ1) is 14.3. The van der Waals surface area contributed by atoms with Crippen LogP contribution in [-0.4, -0.2) is 34.3 Å². The van der Waals surface area contributed by atoms with E-state index >= 15 is 0 Å². The van der Waals surface area contributed by atoms with Gasteiger partial charge in [-0.1, -0.05) is 41.9 Å². The molecule has 0 bridgehead atoms. The molecule has 21 heavy (non-hydrogen) atoms. The van der Waals surface area contributed by atoms with Gasteiger partial charge in [-0.05, 0) is 19.3 Å². The Bertz CT molecular complexity index is 606. The first-order chi connectivity index (χ1) is 10.3. The fourth-order valence-corrected chi connectivity index (χ4v) is 2.94. The molecule has 110 valence electrons. The van der Waals surface area contributed by atoms with Crippen molar-refractivity contribution < 1.29 is 5.11 Å². The lowest BCUT2D eigenvalue weighted by atomic mass is 10.0. The molecule has 1 saturated heterocycles. The zero-order valence-electron chi connectivity index (χ0n) is 11.7. The molecule has 1 aromatic heterocycles. The number of piperidine rings is 1. The van der Waals surface area contributed by atoms with Crippen LogP contribution in [0.2, 0.25) is 5.15 Å². The van der Waals surface area contributed by atoms with Crippen molar-refractivity contribution in [2.75, 3.05) is 18.1 Å². The number of nitrogens with zero attached hydrogens (tertiary/aromatic N) is 3. The van der Waals surface area contributed by atoms with Crippen molar-refractivity contribution >= 4 is 17.4 Å². The SMILES string of the molecule is OCC1CCCCN1c1cc(Cl)nc(-c2ccccc2)n1. The molecule has 0 radical (unpaired) electrons. The molecule has 1 atom stereocenters. The number of benzene rings is 1. The van der Waals surface area contributed by atoms with Crippen LogP contribution in [-0.2, 0) is 0 Å². The van der Waals surface area contributed by atoms with Gasteiger partial charge in [-0.25, -0.2) is 9.97 Å². The van der Waals surface area contributed by atoms with E-state index in [1.54, 1.807) is 6.07 Å². The lowest BCUT2D eigenvalue weighted by Crippen LogP contribution is -2.42. The maximum atomic E-state index is 9.56. The van der Waals surface area contributed by atoms with Gasteiger partial charge in [0.05, 0.1) is 12.6 Å². The van der Waals surface area contributed by atoms with E-state index in [0.29, 0.717) is 11.0 Å². The van der Waals surface area contributed by atoms with E-state index in [1.165, 1.54) is 0 Å². The average molecular weight is 304 g/mol. The molecular weight excluding hydrogens is 286 g/mol. The van der Waals surface area contributed by atoms with Crippen LogP contribution in [0.25, 0.3) is 11.4 Å². The quantitative estimate of drug-likeness (QED) is 0.885. The Morgan fingerprint density at radius 2 is 2.00 bits per heavy atom. The number of aromatic nitrogens is 2. The fraction of sp³-hybridized carbons (Fsp3) is 0.375. The molecule has 0 saturated carbocycles. The summed E-state index contributed by atoms with van der Waals surface area (Å²) < 4.78 is 0. The second kappa shape index (κ2) is 6.41. The molecule has 0 amide bonds. The first-order valence-corrected chi connectivity index (χ1v) is 7.63. The minimum absolute atomic E-state index is 0.119. The van der Waals surface area contributed by atoms with Crippen LogP contribution >= 0.6 is 11.6 Å². The van der Waals surface area contributed by atoms with Crippen molar-refractivity contribution in [1.29, 1.82) is 0 Å². The van der Waals surface area contributed by atoms with Gasteiger partial charge in [-0.15, -0.1) is 0 Å². The van der Waals surface area contributed by atoms with Gasteiger partial charge >= 0.3 is 0 Å². The lowest BCUT2D eigenvalue weighted by molar-refractivity contribution is 0.239. The zero-order chi connectivity index (χ0) is 14.7. The molecule has 3 rings (SSSR count). The third-order valence-corrected chi connectivity index (χ3v) is 4.04. The van der Waals surface area contributed by atoms with Crippen molar-refractivity contribution in [3.05, 3.63) is 41.6 Å². The highest BCUT2D eigenvalue weighted by Crippen LogP contribution is 2.27. The summed E-state index contributed by atoms with van der Waals surface area (Å²) in [7, 11) is 0. The monoisotopic (exact) mass is 303 g/mol. The van der Waals surface area contributed by atoms with Gasteiger partial charge in [0.1, 0.15) is 11.0 Å². The van der Waals surface area contributed by atoms with Crippen LogP contribution in [0.5, 0.6) is 0 Å². The number of halogens is 1. The largest absolute Gasteiger partial charge is 0.394 e. The van der Waals surface area contributed by atoms with E-state index < -0.39 is 0 Å². The summed E-state index contributed by atoms with van der Waals surface area (Å²) in [5.74, 6) is 1.42. The first-order valence-electron chi connectivity index (χ1n) is 7.25. The molecule has 1 aromatic carbocycles. The molecule has 5 heteroatoms. The number of hydrogen-bond donors (Lipinski definition) is 1. The summed E-state index contributed by atoms with van der Waals surface area (Å²) >= 11 is 6.17. The van der Waals surface area contributed by atoms with Gasteiger partial charge in [0.2, 0.25) is 0 Å². The van der Waals surface area contributed by atoms with E-state index in [9.17, 15) is 5.11 Å². The summed E-state index contributed by atoms with van der Waals surface area (Å²) in [6.45, 7) is 1.04. The fourth-order valence-electron chi connectivity index (χ4n) is 2.76. The van der Waals surface area contributed by atoms with E-state index in [-0.39, 0.29) is 12.6 Å². The summed E-state index contributed by atoms with van der Waals surface area (Å²) in [6.07, 6.45) is 3.24. The molecule has 2 aromatic rings. The van der Waals surface area contributed by atoms with Crippen LogP contribution in [0, 0.1) is 0 Å². The Kier molecular flexibility index (Phi) is 4.36. The van der Waals surface area contributed by atoms with Gasteiger partial charge in [0.15, 0.2) is 5.82 Å². The number of aliphatic hydroxyl groups is 1. The van der Waals surface area contributed by atoms with E-state index in [4.69, 9.17) is 11.6 Å². The highest BCUT2D eigenvalue weighted by atomic mass is 35.5. The van der Waals surface area contributed by atoms with E-state index in [0.717, 1.165) is 37.2 Å². The Labute approximate surface area is 129 Å². The number of hydrogen-bond acceptors (Lipinski definition) is 4. The zero-order valence-corrected chi connectivity index (χ0v) is 12.5. The topological polar surface area (TPSA) is 49.2 Å². The average Bonchev–Trinajstić information content (AvgIpc) is 2.55. The van der Waals surface area contributed by atoms with E-state index in [2.05, 4.69) is 14.9 Å². The van der Waals surface area contributed by atoms with Crippen molar-refractivity contribution in [3.8, 4) is 11.4 Å². The molecule has 4 nitrogen and oxygen atoms in total. The predicted molar refractivity (Wildman–Crippen MR) is 84.5 cm³/mol. The van der Waals surface area contributed by atoms with Gasteiger partial charge < -0.3 is 10.0 Å². The van der Waals surface area contributed by atoms with Crippen LogP contribution in [0.4, 0.5) is 5.82 Å². The molecular formula is C16H18ClN3O. The van der Waals surface area contributed by atoms with Crippen molar-refractivity contribution in [1.82, 2.24) is 9.97 Å². The summed E-state index contributed by atoms with van der Waals surface area (Å²) in [5.41, 5.74) is 0.943.